The highest BCUT2D eigenvalue weighted by atomic mass is 16.5. The summed E-state index contributed by atoms with van der Waals surface area (Å²) in [4.78, 5) is 10.9. The molecule has 1 saturated heterocycles. The molecular weight excluding hydrogens is 256 g/mol. The molecule has 3 rings (SSSR count). The minimum absolute atomic E-state index is 0.282. The van der Waals surface area contributed by atoms with E-state index in [1.807, 2.05) is 0 Å². The van der Waals surface area contributed by atoms with Crippen LogP contribution in [0.25, 0.3) is 11.0 Å². The topological polar surface area (TPSA) is 79.9 Å². The van der Waals surface area contributed by atoms with Crippen LogP contribution in [0.3, 0.4) is 0 Å². The molecule has 0 aromatic carbocycles. The van der Waals surface area contributed by atoms with Gasteiger partial charge < -0.3 is 9.64 Å². The molecule has 1 atom stereocenters. The average molecular weight is 272 g/mol. The molecule has 2 aromatic rings. The number of ether oxygens (including phenoxy) is 1. The van der Waals surface area contributed by atoms with Gasteiger partial charge in [-0.1, -0.05) is 0 Å². The van der Waals surface area contributed by atoms with E-state index < -0.39 is 0 Å². The maximum absolute atomic E-state index is 8.68. The number of anilines is 1. The Morgan fingerprint density at radius 1 is 1.50 bits per heavy atom. The van der Waals surface area contributed by atoms with Crippen molar-refractivity contribution in [1.82, 2.24) is 19.7 Å². The highest BCUT2D eigenvalue weighted by Crippen LogP contribution is 2.25. The van der Waals surface area contributed by atoms with Crippen molar-refractivity contribution in [3.05, 3.63) is 12.5 Å². The van der Waals surface area contributed by atoms with Crippen LogP contribution in [0, 0.1) is 11.3 Å². The molecular formula is C13H16N6O. The summed E-state index contributed by atoms with van der Waals surface area (Å²) in [5.74, 6) is 0.897. The van der Waals surface area contributed by atoms with E-state index in [0.717, 1.165) is 23.4 Å². The first-order chi connectivity index (χ1) is 9.81. The highest BCUT2D eigenvalue weighted by Gasteiger charge is 2.23. The van der Waals surface area contributed by atoms with Gasteiger partial charge in [-0.15, -0.1) is 0 Å². The Hall–Kier alpha value is -2.20. The van der Waals surface area contributed by atoms with Crippen LogP contribution in [0.15, 0.2) is 12.5 Å². The van der Waals surface area contributed by atoms with E-state index >= 15 is 0 Å². The number of aromatic nitrogens is 4. The minimum Gasteiger partial charge on any atom is -0.377 e. The third kappa shape index (κ3) is 2.18. The summed E-state index contributed by atoms with van der Waals surface area (Å²) < 4.78 is 7.22. The molecule has 104 valence electrons. The van der Waals surface area contributed by atoms with Gasteiger partial charge in [-0.3, -0.25) is 0 Å². The van der Waals surface area contributed by atoms with Gasteiger partial charge in [-0.2, -0.15) is 10.4 Å². The van der Waals surface area contributed by atoms with E-state index in [1.165, 1.54) is 0 Å². The molecule has 20 heavy (non-hydrogen) atoms. The summed E-state index contributed by atoms with van der Waals surface area (Å²) in [5, 5.41) is 13.9. The summed E-state index contributed by atoms with van der Waals surface area (Å²) in [6.45, 7) is 4.89. The van der Waals surface area contributed by atoms with Crippen LogP contribution in [0.1, 0.15) is 13.3 Å². The van der Waals surface area contributed by atoms with Crippen LogP contribution < -0.4 is 4.90 Å². The maximum Gasteiger partial charge on any atom is 0.163 e. The van der Waals surface area contributed by atoms with Crippen LogP contribution in [0.5, 0.6) is 0 Å². The summed E-state index contributed by atoms with van der Waals surface area (Å²) in [6.07, 6.45) is 3.76. The summed E-state index contributed by atoms with van der Waals surface area (Å²) in [5.41, 5.74) is 0.781. The molecule has 1 unspecified atom stereocenters. The van der Waals surface area contributed by atoms with Crippen molar-refractivity contribution < 1.29 is 4.74 Å². The SMILES string of the molecule is CC1COCCN1c1ncnc2c1cnn2CCC#N. The number of hydrogen-bond donors (Lipinski definition) is 0. The molecule has 1 aliphatic rings. The molecule has 0 spiro atoms. The Morgan fingerprint density at radius 3 is 3.20 bits per heavy atom. The number of fused-ring (bicyclic) bond motifs is 1. The first-order valence-electron chi connectivity index (χ1n) is 6.69. The first-order valence-corrected chi connectivity index (χ1v) is 6.69. The fourth-order valence-electron chi connectivity index (χ4n) is 2.47. The molecule has 0 saturated carbocycles. The van der Waals surface area contributed by atoms with E-state index in [4.69, 9.17) is 10.00 Å². The van der Waals surface area contributed by atoms with E-state index in [9.17, 15) is 0 Å². The van der Waals surface area contributed by atoms with Gasteiger partial charge in [0.1, 0.15) is 12.1 Å². The van der Waals surface area contributed by atoms with Gasteiger partial charge in [-0.25, -0.2) is 14.6 Å². The second-order valence-corrected chi connectivity index (χ2v) is 4.83. The molecule has 2 aromatic heterocycles. The monoisotopic (exact) mass is 272 g/mol. The van der Waals surface area contributed by atoms with Crippen molar-refractivity contribution in [3.63, 3.8) is 0 Å². The zero-order chi connectivity index (χ0) is 13.9. The molecule has 0 bridgehead atoms. The number of morpholine rings is 1. The fraction of sp³-hybridized carbons (Fsp3) is 0.538. The Bertz CT molecular complexity index is 646. The molecule has 7 nitrogen and oxygen atoms in total. The Balaban J connectivity index is 1.99. The van der Waals surface area contributed by atoms with Gasteiger partial charge in [0.05, 0.1) is 49.9 Å². The number of aryl methyl sites for hydroxylation is 1. The number of nitriles is 1. The molecule has 3 heterocycles. The predicted octanol–water partition coefficient (Wildman–Crippen LogP) is 0.965. The Kier molecular flexibility index (Phi) is 3.48. The van der Waals surface area contributed by atoms with Crippen molar-refractivity contribution in [2.45, 2.75) is 25.9 Å². The second-order valence-electron chi connectivity index (χ2n) is 4.83. The van der Waals surface area contributed by atoms with Crippen LogP contribution in [-0.4, -0.2) is 45.5 Å². The normalized spacial score (nSPS) is 19.2. The van der Waals surface area contributed by atoms with Crippen molar-refractivity contribution >= 4 is 16.9 Å². The summed E-state index contributed by atoms with van der Waals surface area (Å²) in [7, 11) is 0. The number of nitrogens with zero attached hydrogens (tertiary/aromatic N) is 6. The molecule has 0 radical (unpaired) electrons. The maximum atomic E-state index is 8.68. The van der Waals surface area contributed by atoms with Gasteiger partial charge in [-0.05, 0) is 6.92 Å². The van der Waals surface area contributed by atoms with E-state index in [1.54, 1.807) is 17.2 Å². The van der Waals surface area contributed by atoms with E-state index in [-0.39, 0.29) is 6.04 Å². The number of rotatable bonds is 3. The zero-order valence-electron chi connectivity index (χ0n) is 11.4. The van der Waals surface area contributed by atoms with Crippen molar-refractivity contribution in [1.29, 1.82) is 5.26 Å². The van der Waals surface area contributed by atoms with Gasteiger partial charge in [0.25, 0.3) is 0 Å². The zero-order valence-corrected chi connectivity index (χ0v) is 11.4. The lowest BCUT2D eigenvalue weighted by Crippen LogP contribution is -2.44. The third-order valence-corrected chi connectivity index (χ3v) is 3.49. The van der Waals surface area contributed by atoms with Gasteiger partial charge >= 0.3 is 0 Å². The lowest BCUT2D eigenvalue weighted by Gasteiger charge is -2.34. The quantitative estimate of drug-likeness (QED) is 0.828. The van der Waals surface area contributed by atoms with Crippen molar-refractivity contribution in [3.8, 4) is 6.07 Å². The van der Waals surface area contributed by atoms with Crippen LogP contribution in [0.2, 0.25) is 0 Å². The van der Waals surface area contributed by atoms with Gasteiger partial charge in [0.15, 0.2) is 5.65 Å². The van der Waals surface area contributed by atoms with E-state index in [2.05, 4.69) is 33.0 Å². The molecule has 0 N–H and O–H groups in total. The predicted molar refractivity (Wildman–Crippen MR) is 73.2 cm³/mol. The lowest BCUT2D eigenvalue weighted by molar-refractivity contribution is 0.0987. The smallest absolute Gasteiger partial charge is 0.163 e. The third-order valence-electron chi connectivity index (χ3n) is 3.49. The summed E-state index contributed by atoms with van der Waals surface area (Å²) >= 11 is 0. The lowest BCUT2D eigenvalue weighted by atomic mass is 10.2. The Morgan fingerprint density at radius 2 is 2.40 bits per heavy atom. The van der Waals surface area contributed by atoms with Crippen molar-refractivity contribution in [2.75, 3.05) is 24.7 Å². The summed E-state index contributed by atoms with van der Waals surface area (Å²) in [6, 6.07) is 2.41. The molecule has 7 heteroatoms. The van der Waals surface area contributed by atoms with Gasteiger partial charge in [0, 0.05) is 6.54 Å². The van der Waals surface area contributed by atoms with Crippen molar-refractivity contribution in [2.24, 2.45) is 0 Å². The van der Waals surface area contributed by atoms with Crippen LogP contribution >= 0.6 is 0 Å². The van der Waals surface area contributed by atoms with Gasteiger partial charge in [0.2, 0.25) is 0 Å². The minimum atomic E-state index is 0.282. The number of hydrogen-bond acceptors (Lipinski definition) is 6. The van der Waals surface area contributed by atoms with Crippen LogP contribution in [-0.2, 0) is 11.3 Å². The largest absolute Gasteiger partial charge is 0.377 e. The standard InChI is InChI=1S/C13H16N6O/c1-10-8-20-6-5-18(10)12-11-7-17-19(4-2-3-14)13(11)16-9-15-12/h7,9-10H,2,4-6,8H2,1H3. The highest BCUT2D eigenvalue weighted by molar-refractivity contribution is 5.86. The molecule has 1 fully saturated rings. The van der Waals surface area contributed by atoms with Crippen LogP contribution in [0.4, 0.5) is 5.82 Å². The average Bonchev–Trinajstić information content (AvgIpc) is 2.89. The molecule has 1 aliphatic heterocycles. The Labute approximate surface area is 116 Å². The molecule has 0 amide bonds. The van der Waals surface area contributed by atoms with E-state index in [0.29, 0.717) is 26.2 Å². The second kappa shape index (κ2) is 5.43. The first kappa shape index (κ1) is 12.8. The fourth-order valence-corrected chi connectivity index (χ4v) is 2.47. The molecule has 0 aliphatic carbocycles.